The van der Waals surface area contributed by atoms with Crippen molar-refractivity contribution >= 4 is 6.29 Å². The van der Waals surface area contributed by atoms with Crippen molar-refractivity contribution in [1.29, 1.82) is 0 Å². The van der Waals surface area contributed by atoms with E-state index in [2.05, 4.69) is 31.5 Å². The molecule has 2 aromatic carbocycles. The molecular formula is C26H37NO5Y. The van der Waals surface area contributed by atoms with Gasteiger partial charge in [-0.05, 0) is 35.4 Å². The summed E-state index contributed by atoms with van der Waals surface area (Å²) in [5, 5.41) is 0. The molecule has 0 amide bonds. The number of hydrogen-bond donors (Lipinski definition) is 0. The molecule has 2 aromatic rings. The predicted octanol–water partition coefficient (Wildman–Crippen LogP) is 4.53. The maximum Gasteiger partial charge on any atom is 0.161 e. The Labute approximate surface area is 224 Å². The smallest absolute Gasteiger partial charge is 0.161 e. The fraction of sp³-hybridized carbons (Fsp3) is 0.500. The SMILES string of the molecule is CC.COc1ccc(C[C@@H]2c3cc(OC)c(OC)cc3CC[N+]2(C)CC[C-]=O)cc1OC.[Y]. The molecule has 0 saturated heterocycles. The van der Waals surface area contributed by atoms with E-state index in [0.29, 0.717) is 17.9 Å². The molecule has 1 unspecified atom stereocenters. The maximum atomic E-state index is 11.0. The number of likely N-dealkylation sites (N-methyl/N-ethyl adjacent to an activating group) is 1. The van der Waals surface area contributed by atoms with Crippen LogP contribution in [0.3, 0.4) is 0 Å². The molecule has 7 heteroatoms. The number of rotatable bonds is 9. The number of ether oxygens (including phenoxy) is 4. The van der Waals surface area contributed by atoms with Gasteiger partial charge in [-0.3, -0.25) is 6.29 Å². The van der Waals surface area contributed by atoms with Crippen molar-refractivity contribution in [2.45, 2.75) is 39.2 Å². The van der Waals surface area contributed by atoms with Crippen LogP contribution in [-0.2, 0) is 50.3 Å². The van der Waals surface area contributed by atoms with Gasteiger partial charge in [0.25, 0.3) is 0 Å². The molecule has 1 aliphatic rings. The second-order valence-corrected chi connectivity index (χ2v) is 7.89. The van der Waals surface area contributed by atoms with E-state index >= 15 is 0 Å². The Morgan fingerprint density at radius 3 is 2.06 bits per heavy atom. The Balaban J connectivity index is 0.00000177. The third-order valence-corrected chi connectivity index (χ3v) is 6.25. The van der Waals surface area contributed by atoms with Gasteiger partial charge < -0.3 is 28.2 Å². The molecule has 2 atom stereocenters. The Bertz CT molecular complexity index is 904. The second kappa shape index (κ2) is 13.9. The third-order valence-electron chi connectivity index (χ3n) is 6.25. The average molecular weight is 532 g/mol. The fourth-order valence-corrected chi connectivity index (χ4v) is 4.46. The van der Waals surface area contributed by atoms with E-state index < -0.39 is 0 Å². The van der Waals surface area contributed by atoms with Crippen LogP contribution in [0, 0.1) is 0 Å². The summed E-state index contributed by atoms with van der Waals surface area (Å²) in [6.45, 7) is 5.69. The number of quaternary nitrogens is 1. The monoisotopic (exact) mass is 532 g/mol. The molecule has 179 valence electrons. The minimum absolute atomic E-state index is 0. The van der Waals surface area contributed by atoms with E-state index in [9.17, 15) is 4.79 Å². The van der Waals surface area contributed by atoms with Crippen LogP contribution in [0.15, 0.2) is 30.3 Å². The molecule has 0 saturated carbocycles. The van der Waals surface area contributed by atoms with Crippen LogP contribution in [-0.4, -0.2) is 59.3 Å². The molecule has 3 rings (SSSR count). The standard InChI is InChI=1S/C24H31NO5.C2H6.Y/c1-25(10-6-12-26)11-9-18-15-23(29-4)24(30-5)16-19(18)20(25)13-17-7-8-21(27-2)22(14-17)28-3;1-2;/h7-8,14-16,20H,6,9-11,13H2,1-5H3;1-2H3;/t20-,25?;;/m1../s1. The second-order valence-electron chi connectivity index (χ2n) is 7.89. The van der Waals surface area contributed by atoms with Crippen molar-refractivity contribution < 1.29 is 60.9 Å². The molecule has 1 radical (unpaired) electrons. The summed E-state index contributed by atoms with van der Waals surface area (Å²) in [5.74, 6) is 2.90. The van der Waals surface area contributed by atoms with Crippen LogP contribution in [0.1, 0.15) is 43.0 Å². The Morgan fingerprint density at radius 2 is 1.48 bits per heavy atom. The van der Waals surface area contributed by atoms with Gasteiger partial charge in [0.2, 0.25) is 0 Å². The first-order valence-electron chi connectivity index (χ1n) is 11.1. The van der Waals surface area contributed by atoms with Gasteiger partial charge in [0.1, 0.15) is 6.04 Å². The van der Waals surface area contributed by atoms with E-state index in [-0.39, 0.29) is 38.8 Å². The third kappa shape index (κ3) is 6.71. The number of benzene rings is 2. The van der Waals surface area contributed by atoms with E-state index in [0.717, 1.165) is 47.5 Å². The van der Waals surface area contributed by atoms with Crippen molar-refractivity contribution in [2.24, 2.45) is 0 Å². The topological polar surface area (TPSA) is 54.0 Å². The van der Waals surface area contributed by atoms with Crippen LogP contribution in [0.5, 0.6) is 23.0 Å². The number of carbonyl (C=O) groups excluding carboxylic acids is 1. The van der Waals surface area contributed by atoms with Crippen molar-refractivity contribution in [1.82, 2.24) is 0 Å². The number of fused-ring (bicyclic) bond motifs is 1. The van der Waals surface area contributed by atoms with Crippen LogP contribution >= 0.6 is 0 Å². The van der Waals surface area contributed by atoms with E-state index in [1.54, 1.807) is 28.4 Å². The van der Waals surface area contributed by atoms with Crippen molar-refractivity contribution in [3.05, 3.63) is 47.0 Å². The van der Waals surface area contributed by atoms with Gasteiger partial charge in [0, 0.05) is 51.1 Å². The van der Waals surface area contributed by atoms with Crippen LogP contribution < -0.4 is 18.9 Å². The molecule has 0 N–H and O–H groups in total. The number of hydrogen-bond acceptors (Lipinski definition) is 5. The van der Waals surface area contributed by atoms with Gasteiger partial charge in [0.05, 0.1) is 48.6 Å². The normalized spacial score (nSPS) is 18.6. The molecule has 6 nitrogen and oxygen atoms in total. The van der Waals surface area contributed by atoms with Gasteiger partial charge in [-0.15, -0.1) is 6.42 Å². The van der Waals surface area contributed by atoms with Crippen LogP contribution in [0.4, 0.5) is 0 Å². The molecule has 0 fully saturated rings. The maximum absolute atomic E-state index is 11.0. The van der Waals surface area contributed by atoms with Gasteiger partial charge in [0.15, 0.2) is 23.0 Å². The first kappa shape index (κ1) is 29.4. The zero-order valence-electron chi connectivity index (χ0n) is 21.1. The number of methoxy groups -OCH3 is 4. The first-order valence-corrected chi connectivity index (χ1v) is 11.1. The zero-order valence-corrected chi connectivity index (χ0v) is 23.9. The molecule has 1 heterocycles. The van der Waals surface area contributed by atoms with Crippen molar-refractivity contribution in [2.75, 3.05) is 48.6 Å². The molecular weight excluding hydrogens is 495 g/mol. The van der Waals surface area contributed by atoms with Crippen LogP contribution in [0.25, 0.3) is 0 Å². The first-order chi connectivity index (χ1) is 15.5. The minimum Gasteiger partial charge on any atom is -0.542 e. The van der Waals surface area contributed by atoms with Crippen molar-refractivity contribution in [3.8, 4) is 23.0 Å². The predicted molar refractivity (Wildman–Crippen MR) is 127 cm³/mol. The summed E-state index contributed by atoms with van der Waals surface area (Å²) in [7, 11) is 8.83. The summed E-state index contributed by atoms with van der Waals surface area (Å²) in [6.07, 6.45) is 4.22. The summed E-state index contributed by atoms with van der Waals surface area (Å²) in [5.41, 5.74) is 3.66. The van der Waals surface area contributed by atoms with Crippen LogP contribution in [0.2, 0.25) is 0 Å². The molecule has 0 aliphatic carbocycles. The summed E-state index contributed by atoms with van der Waals surface area (Å²) < 4.78 is 22.8. The molecule has 0 spiro atoms. The van der Waals surface area contributed by atoms with Gasteiger partial charge >= 0.3 is 0 Å². The van der Waals surface area contributed by atoms with Gasteiger partial charge in [-0.25, -0.2) is 0 Å². The van der Waals surface area contributed by atoms with E-state index in [1.807, 2.05) is 26.0 Å². The largest absolute Gasteiger partial charge is 0.542 e. The number of nitrogens with zero attached hydrogens (tertiary/aromatic N) is 1. The summed E-state index contributed by atoms with van der Waals surface area (Å²) in [6, 6.07) is 10.4. The zero-order chi connectivity index (χ0) is 23.7. The molecule has 0 bridgehead atoms. The minimum atomic E-state index is 0. The molecule has 0 aromatic heterocycles. The van der Waals surface area contributed by atoms with Gasteiger partial charge in [-0.2, -0.15) is 0 Å². The Morgan fingerprint density at radius 1 is 0.909 bits per heavy atom. The summed E-state index contributed by atoms with van der Waals surface area (Å²) in [4.78, 5) is 11.0. The average Bonchev–Trinajstić information content (AvgIpc) is 2.84. The quantitative estimate of drug-likeness (QED) is 0.351. The van der Waals surface area contributed by atoms with Crippen molar-refractivity contribution in [3.63, 3.8) is 0 Å². The Hall–Kier alpha value is -1.63. The molecule has 1 aliphatic heterocycles. The van der Waals surface area contributed by atoms with E-state index in [1.165, 1.54) is 11.1 Å². The fourth-order valence-electron chi connectivity index (χ4n) is 4.46. The molecule has 33 heavy (non-hydrogen) atoms. The van der Waals surface area contributed by atoms with Gasteiger partial charge in [-0.1, -0.05) is 19.9 Å². The summed E-state index contributed by atoms with van der Waals surface area (Å²) >= 11 is 0. The Kier molecular flexibility index (Phi) is 12.4. The van der Waals surface area contributed by atoms with E-state index in [4.69, 9.17) is 18.9 Å².